The summed E-state index contributed by atoms with van der Waals surface area (Å²) in [6.07, 6.45) is 0.759. The summed E-state index contributed by atoms with van der Waals surface area (Å²) in [5.41, 5.74) is 3.32. The lowest BCUT2D eigenvalue weighted by molar-refractivity contribution is -0.121. The van der Waals surface area contributed by atoms with E-state index in [-0.39, 0.29) is 11.9 Å². The number of likely N-dealkylation sites (N-methyl/N-ethyl adjacent to an activating group) is 1. The molecule has 1 heterocycles. The molecule has 1 atom stereocenters. The Morgan fingerprint density at radius 3 is 2.48 bits per heavy atom. The Kier molecular flexibility index (Phi) is 6.85. The molecule has 3 rings (SSSR count). The Labute approximate surface area is 161 Å². The highest BCUT2D eigenvalue weighted by Crippen LogP contribution is 2.24. The second-order valence-electron chi connectivity index (χ2n) is 6.92. The number of benzene rings is 2. The van der Waals surface area contributed by atoms with Crippen molar-refractivity contribution in [1.82, 2.24) is 4.90 Å². The van der Waals surface area contributed by atoms with E-state index in [1.807, 2.05) is 37.4 Å². The van der Waals surface area contributed by atoms with E-state index in [0.717, 1.165) is 45.0 Å². The van der Waals surface area contributed by atoms with Gasteiger partial charge in [0.15, 0.2) is 0 Å². The number of carbonyl (C=O) groups excluding carboxylic acids is 1. The number of anilines is 2. The van der Waals surface area contributed by atoms with Crippen molar-refractivity contribution in [2.24, 2.45) is 0 Å². The molecule has 5 heteroatoms. The Morgan fingerprint density at radius 2 is 1.78 bits per heavy atom. The number of carbonyl (C=O) groups is 1. The molecule has 5 nitrogen and oxygen atoms in total. The minimum Gasteiger partial charge on any atom is -0.378 e. The first-order chi connectivity index (χ1) is 13.2. The first-order valence-corrected chi connectivity index (χ1v) is 9.65. The van der Waals surface area contributed by atoms with Crippen LogP contribution in [0.15, 0.2) is 54.6 Å². The number of nitrogens with zero attached hydrogens (tertiary/aromatic N) is 2. The third kappa shape index (κ3) is 5.08. The van der Waals surface area contributed by atoms with Crippen molar-refractivity contribution < 1.29 is 9.53 Å². The van der Waals surface area contributed by atoms with Crippen molar-refractivity contribution in [2.45, 2.75) is 25.9 Å². The third-order valence-corrected chi connectivity index (χ3v) is 5.03. The molecule has 1 aliphatic rings. The van der Waals surface area contributed by atoms with E-state index in [1.165, 1.54) is 11.3 Å². The summed E-state index contributed by atoms with van der Waals surface area (Å²) in [6, 6.07) is 17.9. The van der Waals surface area contributed by atoms with Gasteiger partial charge in [-0.2, -0.15) is 0 Å². The van der Waals surface area contributed by atoms with Gasteiger partial charge in [-0.15, -0.1) is 0 Å². The van der Waals surface area contributed by atoms with Crippen molar-refractivity contribution in [1.29, 1.82) is 0 Å². The molecule has 0 spiro atoms. The van der Waals surface area contributed by atoms with Crippen LogP contribution in [-0.4, -0.2) is 50.2 Å². The van der Waals surface area contributed by atoms with Crippen LogP contribution in [0.3, 0.4) is 0 Å². The van der Waals surface area contributed by atoms with Crippen molar-refractivity contribution in [3.05, 3.63) is 60.2 Å². The fourth-order valence-electron chi connectivity index (χ4n) is 3.58. The summed E-state index contributed by atoms with van der Waals surface area (Å²) in [5.74, 6) is 0.0371. The van der Waals surface area contributed by atoms with Gasteiger partial charge in [-0.05, 0) is 37.2 Å². The number of ether oxygens (including phenoxy) is 1. The van der Waals surface area contributed by atoms with E-state index in [9.17, 15) is 4.79 Å². The summed E-state index contributed by atoms with van der Waals surface area (Å²) < 4.78 is 5.48. The Balaban J connectivity index is 1.69. The van der Waals surface area contributed by atoms with Crippen molar-refractivity contribution in [2.75, 3.05) is 43.6 Å². The largest absolute Gasteiger partial charge is 0.378 e. The first kappa shape index (κ1) is 19.4. The quantitative estimate of drug-likeness (QED) is 0.815. The fourth-order valence-corrected chi connectivity index (χ4v) is 3.58. The average Bonchev–Trinajstić information content (AvgIpc) is 2.70. The van der Waals surface area contributed by atoms with Crippen LogP contribution in [0.25, 0.3) is 0 Å². The predicted octanol–water partition coefficient (Wildman–Crippen LogP) is 3.37. The van der Waals surface area contributed by atoms with Crippen LogP contribution in [0.4, 0.5) is 11.4 Å². The molecule has 144 valence electrons. The van der Waals surface area contributed by atoms with E-state index in [1.54, 1.807) is 0 Å². The second-order valence-corrected chi connectivity index (χ2v) is 6.92. The number of hydrogen-bond acceptors (Lipinski definition) is 4. The number of nitrogens with one attached hydrogen (secondary N) is 1. The van der Waals surface area contributed by atoms with E-state index < -0.39 is 0 Å². The van der Waals surface area contributed by atoms with Crippen LogP contribution in [-0.2, 0) is 16.1 Å². The fraction of sp³-hybridized carbons (Fsp3) is 0.409. The minimum atomic E-state index is -0.178. The summed E-state index contributed by atoms with van der Waals surface area (Å²) in [6.45, 7) is 6.13. The summed E-state index contributed by atoms with van der Waals surface area (Å²) in [7, 11) is 2.02. The maximum atomic E-state index is 12.8. The number of hydrogen-bond donors (Lipinski definition) is 1. The Bertz CT molecular complexity index is 729. The van der Waals surface area contributed by atoms with Crippen LogP contribution >= 0.6 is 0 Å². The monoisotopic (exact) mass is 367 g/mol. The van der Waals surface area contributed by atoms with Gasteiger partial charge in [-0.25, -0.2) is 0 Å². The number of rotatable bonds is 7. The SMILES string of the molecule is CC[C@@H](C(=O)Nc1ccccc1)N(C)Cc1ccccc1N1CCOCC1. The Morgan fingerprint density at radius 1 is 1.11 bits per heavy atom. The van der Waals surface area contributed by atoms with E-state index in [4.69, 9.17) is 4.74 Å². The smallest absolute Gasteiger partial charge is 0.241 e. The van der Waals surface area contributed by atoms with Crippen LogP contribution in [0.1, 0.15) is 18.9 Å². The van der Waals surface area contributed by atoms with Gasteiger partial charge in [0.05, 0.1) is 19.3 Å². The molecule has 0 radical (unpaired) electrons. The third-order valence-electron chi connectivity index (χ3n) is 5.03. The lowest BCUT2D eigenvalue weighted by Gasteiger charge is -2.32. The number of para-hydroxylation sites is 2. The standard InChI is InChI=1S/C22H29N3O2/c1-3-20(22(26)23-19-10-5-4-6-11-19)24(2)17-18-9-7-8-12-21(18)25-13-15-27-16-14-25/h4-12,20H,3,13-17H2,1-2H3,(H,23,26)/t20-/m0/s1. The molecule has 1 fully saturated rings. The lowest BCUT2D eigenvalue weighted by atomic mass is 10.1. The van der Waals surface area contributed by atoms with Crippen LogP contribution in [0, 0.1) is 0 Å². The maximum Gasteiger partial charge on any atom is 0.241 e. The molecule has 1 saturated heterocycles. The van der Waals surface area contributed by atoms with E-state index >= 15 is 0 Å². The zero-order valence-corrected chi connectivity index (χ0v) is 16.2. The molecule has 0 bridgehead atoms. The van der Waals surface area contributed by atoms with Gasteiger partial charge in [0.1, 0.15) is 0 Å². The zero-order valence-electron chi connectivity index (χ0n) is 16.2. The van der Waals surface area contributed by atoms with E-state index in [0.29, 0.717) is 0 Å². The molecule has 0 aliphatic carbocycles. The van der Waals surface area contributed by atoms with Crippen LogP contribution < -0.4 is 10.2 Å². The Hall–Kier alpha value is -2.37. The second kappa shape index (κ2) is 9.53. The van der Waals surface area contributed by atoms with Gasteiger partial charge in [-0.3, -0.25) is 9.69 Å². The normalized spacial score (nSPS) is 15.6. The summed E-state index contributed by atoms with van der Waals surface area (Å²) in [5, 5.41) is 3.03. The summed E-state index contributed by atoms with van der Waals surface area (Å²) >= 11 is 0. The number of amides is 1. The van der Waals surface area contributed by atoms with Crippen LogP contribution in [0.5, 0.6) is 0 Å². The lowest BCUT2D eigenvalue weighted by Crippen LogP contribution is -2.42. The van der Waals surface area contributed by atoms with Gasteiger partial charge in [0, 0.05) is 31.0 Å². The molecule has 0 unspecified atom stereocenters. The molecule has 0 saturated carbocycles. The zero-order chi connectivity index (χ0) is 19.1. The van der Waals surface area contributed by atoms with Crippen molar-refractivity contribution >= 4 is 17.3 Å². The predicted molar refractivity (Wildman–Crippen MR) is 110 cm³/mol. The highest BCUT2D eigenvalue weighted by atomic mass is 16.5. The van der Waals surface area contributed by atoms with Gasteiger partial charge in [-0.1, -0.05) is 43.3 Å². The highest BCUT2D eigenvalue weighted by molar-refractivity contribution is 5.94. The molecule has 1 N–H and O–H groups in total. The topological polar surface area (TPSA) is 44.8 Å². The highest BCUT2D eigenvalue weighted by Gasteiger charge is 2.23. The maximum absolute atomic E-state index is 12.8. The van der Waals surface area contributed by atoms with Crippen molar-refractivity contribution in [3.8, 4) is 0 Å². The van der Waals surface area contributed by atoms with Gasteiger partial charge >= 0.3 is 0 Å². The molecule has 0 aromatic heterocycles. The molecular weight excluding hydrogens is 338 g/mol. The molecule has 2 aromatic carbocycles. The van der Waals surface area contributed by atoms with Crippen LogP contribution in [0.2, 0.25) is 0 Å². The summed E-state index contributed by atoms with van der Waals surface area (Å²) in [4.78, 5) is 17.3. The average molecular weight is 367 g/mol. The van der Waals surface area contributed by atoms with Crippen molar-refractivity contribution in [3.63, 3.8) is 0 Å². The van der Waals surface area contributed by atoms with Gasteiger partial charge in [0.25, 0.3) is 0 Å². The molecule has 27 heavy (non-hydrogen) atoms. The molecular formula is C22H29N3O2. The minimum absolute atomic E-state index is 0.0371. The van der Waals surface area contributed by atoms with Gasteiger partial charge in [0.2, 0.25) is 5.91 Å². The number of morpholine rings is 1. The molecule has 2 aromatic rings. The van der Waals surface area contributed by atoms with E-state index in [2.05, 4.69) is 46.3 Å². The molecule has 1 amide bonds. The first-order valence-electron chi connectivity index (χ1n) is 9.65. The van der Waals surface area contributed by atoms with Gasteiger partial charge < -0.3 is 15.0 Å². The molecule has 1 aliphatic heterocycles.